The molecule has 0 bridgehead atoms. The van der Waals surface area contributed by atoms with E-state index in [1.807, 2.05) is 13.8 Å². The molecule has 1 aliphatic rings. The number of halogens is 1. The van der Waals surface area contributed by atoms with Crippen molar-refractivity contribution in [1.29, 1.82) is 0 Å². The summed E-state index contributed by atoms with van der Waals surface area (Å²) in [6, 6.07) is -0.571. The van der Waals surface area contributed by atoms with Crippen LogP contribution in [0.25, 0.3) is 0 Å². The van der Waals surface area contributed by atoms with Crippen LogP contribution in [-0.2, 0) is 14.3 Å². The highest BCUT2D eigenvalue weighted by Crippen LogP contribution is 2.13. The fraction of sp³-hybridized carbons (Fsp3) is 0.867. The number of nitrogens with one attached hydrogen (secondary N) is 1. The normalized spacial score (nSPS) is 19.2. The van der Waals surface area contributed by atoms with Crippen molar-refractivity contribution in [2.75, 3.05) is 26.2 Å². The predicted molar refractivity (Wildman–Crippen MR) is 88.8 cm³/mol. The van der Waals surface area contributed by atoms with E-state index in [-0.39, 0.29) is 42.8 Å². The first kappa shape index (κ1) is 21.1. The molecular formula is C15H30ClN3O3. The van der Waals surface area contributed by atoms with Gasteiger partial charge in [0, 0.05) is 19.7 Å². The third kappa shape index (κ3) is 6.94. The summed E-state index contributed by atoms with van der Waals surface area (Å²) in [5, 5.41) is 2.61. The first-order chi connectivity index (χ1) is 9.81. The summed E-state index contributed by atoms with van der Waals surface area (Å²) < 4.78 is 5.74. The van der Waals surface area contributed by atoms with Crippen LogP contribution in [0.15, 0.2) is 0 Å². The molecule has 0 radical (unpaired) electrons. The zero-order chi connectivity index (χ0) is 16.0. The maximum Gasteiger partial charge on any atom is 0.242 e. The molecule has 1 heterocycles. The Morgan fingerprint density at radius 1 is 1.32 bits per heavy atom. The number of nitrogens with zero attached hydrogens (tertiary/aromatic N) is 1. The molecule has 2 amide bonds. The third-order valence-electron chi connectivity index (χ3n) is 3.60. The molecule has 0 aromatic rings. The maximum absolute atomic E-state index is 12.0. The standard InChI is InChI=1S/C15H29N3O3.ClH/c1-10(2)9-21-12-5-6-18(8-12)13(19)7-17-15(20)14(16)11(3)4;/h10-12,14H,5-9,16H2,1-4H3,(H,17,20);1H/t12?,14-;/m0./s1. The van der Waals surface area contributed by atoms with Gasteiger partial charge in [0.15, 0.2) is 0 Å². The molecule has 2 atom stereocenters. The maximum atomic E-state index is 12.0. The van der Waals surface area contributed by atoms with Gasteiger partial charge in [0.2, 0.25) is 11.8 Å². The molecule has 0 aliphatic carbocycles. The number of likely N-dealkylation sites (tertiary alicyclic amines) is 1. The first-order valence-electron chi connectivity index (χ1n) is 7.74. The fourth-order valence-corrected chi connectivity index (χ4v) is 2.11. The smallest absolute Gasteiger partial charge is 0.242 e. The molecular weight excluding hydrogens is 306 g/mol. The van der Waals surface area contributed by atoms with E-state index >= 15 is 0 Å². The van der Waals surface area contributed by atoms with E-state index < -0.39 is 6.04 Å². The minimum atomic E-state index is -0.571. The number of carbonyl (C=O) groups excluding carboxylic acids is 2. The molecule has 0 saturated carbocycles. The van der Waals surface area contributed by atoms with Gasteiger partial charge in [-0.2, -0.15) is 0 Å². The second kappa shape index (κ2) is 10.0. The van der Waals surface area contributed by atoms with Crippen LogP contribution in [0.2, 0.25) is 0 Å². The highest BCUT2D eigenvalue weighted by Gasteiger charge is 2.27. The minimum absolute atomic E-state index is 0. The number of amides is 2. The van der Waals surface area contributed by atoms with Crippen molar-refractivity contribution < 1.29 is 14.3 Å². The highest BCUT2D eigenvalue weighted by atomic mass is 35.5. The number of hydrogen-bond acceptors (Lipinski definition) is 4. The van der Waals surface area contributed by atoms with Gasteiger partial charge in [0.05, 0.1) is 18.7 Å². The lowest BCUT2D eigenvalue weighted by atomic mass is 10.1. The van der Waals surface area contributed by atoms with Crippen molar-refractivity contribution in [2.45, 2.75) is 46.3 Å². The summed E-state index contributed by atoms with van der Waals surface area (Å²) in [4.78, 5) is 25.5. The van der Waals surface area contributed by atoms with Gasteiger partial charge in [-0.05, 0) is 18.3 Å². The van der Waals surface area contributed by atoms with Gasteiger partial charge in [-0.1, -0.05) is 27.7 Å². The monoisotopic (exact) mass is 335 g/mol. The molecule has 1 rings (SSSR count). The molecule has 0 aromatic carbocycles. The van der Waals surface area contributed by atoms with E-state index in [0.717, 1.165) is 6.42 Å². The summed E-state index contributed by atoms with van der Waals surface area (Å²) in [5.74, 6) is 0.201. The van der Waals surface area contributed by atoms with Gasteiger partial charge in [0.1, 0.15) is 0 Å². The molecule has 1 fully saturated rings. The largest absolute Gasteiger partial charge is 0.376 e. The molecule has 1 saturated heterocycles. The quantitative estimate of drug-likeness (QED) is 0.720. The van der Waals surface area contributed by atoms with Crippen LogP contribution in [0.3, 0.4) is 0 Å². The van der Waals surface area contributed by atoms with Crippen LogP contribution in [0.5, 0.6) is 0 Å². The Bertz CT molecular complexity index is 364. The Kier molecular flexibility index (Phi) is 9.64. The zero-order valence-corrected chi connectivity index (χ0v) is 14.8. The zero-order valence-electron chi connectivity index (χ0n) is 14.0. The van der Waals surface area contributed by atoms with Crippen molar-refractivity contribution in [3.05, 3.63) is 0 Å². The molecule has 3 N–H and O–H groups in total. The lowest BCUT2D eigenvalue weighted by Crippen LogP contribution is -2.47. The predicted octanol–water partition coefficient (Wildman–Crippen LogP) is 0.781. The number of nitrogens with two attached hydrogens (primary N) is 1. The minimum Gasteiger partial charge on any atom is -0.376 e. The van der Waals surface area contributed by atoms with Gasteiger partial charge in [-0.25, -0.2) is 0 Å². The lowest BCUT2D eigenvalue weighted by molar-refractivity contribution is -0.133. The Morgan fingerprint density at radius 3 is 2.50 bits per heavy atom. The molecule has 7 heteroatoms. The summed E-state index contributed by atoms with van der Waals surface area (Å²) >= 11 is 0. The van der Waals surface area contributed by atoms with Crippen molar-refractivity contribution in [1.82, 2.24) is 10.2 Å². The second-order valence-electron chi connectivity index (χ2n) is 6.47. The molecule has 0 aromatic heterocycles. The van der Waals surface area contributed by atoms with E-state index in [9.17, 15) is 9.59 Å². The average molecular weight is 336 g/mol. The van der Waals surface area contributed by atoms with Gasteiger partial charge in [-0.15, -0.1) is 12.4 Å². The van der Waals surface area contributed by atoms with Gasteiger partial charge >= 0.3 is 0 Å². The first-order valence-corrected chi connectivity index (χ1v) is 7.74. The van der Waals surface area contributed by atoms with E-state index in [1.165, 1.54) is 0 Å². The topological polar surface area (TPSA) is 84.7 Å². The Morgan fingerprint density at radius 2 is 1.95 bits per heavy atom. The number of ether oxygens (including phenoxy) is 1. The Labute approximate surface area is 139 Å². The van der Waals surface area contributed by atoms with Gasteiger partial charge < -0.3 is 20.7 Å². The van der Waals surface area contributed by atoms with Crippen molar-refractivity contribution in [2.24, 2.45) is 17.6 Å². The molecule has 1 aliphatic heterocycles. The molecule has 22 heavy (non-hydrogen) atoms. The fourth-order valence-electron chi connectivity index (χ4n) is 2.11. The highest BCUT2D eigenvalue weighted by molar-refractivity contribution is 5.87. The van der Waals surface area contributed by atoms with Crippen molar-refractivity contribution in [3.8, 4) is 0 Å². The van der Waals surface area contributed by atoms with Crippen molar-refractivity contribution >= 4 is 24.2 Å². The number of hydrogen-bond donors (Lipinski definition) is 2. The lowest BCUT2D eigenvalue weighted by Gasteiger charge is -2.19. The second-order valence-corrected chi connectivity index (χ2v) is 6.47. The molecule has 6 nitrogen and oxygen atoms in total. The summed E-state index contributed by atoms with van der Waals surface area (Å²) in [6.45, 7) is 9.98. The summed E-state index contributed by atoms with van der Waals surface area (Å²) in [7, 11) is 0. The molecule has 130 valence electrons. The van der Waals surface area contributed by atoms with E-state index in [2.05, 4.69) is 19.2 Å². The number of carbonyl (C=O) groups is 2. The third-order valence-corrected chi connectivity index (χ3v) is 3.60. The number of rotatable bonds is 7. The Hall–Kier alpha value is -0.850. The molecule has 1 unspecified atom stereocenters. The Balaban J connectivity index is 0.00000441. The summed E-state index contributed by atoms with van der Waals surface area (Å²) in [5.41, 5.74) is 5.73. The van der Waals surface area contributed by atoms with Crippen LogP contribution >= 0.6 is 12.4 Å². The SMILES string of the molecule is CC(C)COC1CCN(C(=O)CNC(=O)[C@@H](N)C(C)C)C1.Cl. The van der Waals surface area contributed by atoms with Crippen LogP contribution in [0, 0.1) is 11.8 Å². The van der Waals surface area contributed by atoms with Crippen LogP contribution < -0.4 is 11.1 Å². The van der Waals surface area contributed by atoms with E-state index in [0.29, 0.717) is 25.6 Å². The van der Waals surface area contributed by atoms with Crippen LogP contribution in [0.4, 0.5) is 0 Å². The van der Waals surface area contributed by atoms with Gasteiger partial charge in [0.25, 0.3) is 0 Å². The van der Waals surface area contributed by atoms with E-state index in [1.54, 1.807) is 4.90 Å². The van der Waals surface area contributed by atoms with Crippen molar-refractivity contribution in [3.63, 3.8) is 0 Å². The van der Waals surface area contributed by atoms with Crippen LogP contribution in [-0.4, -0.2) is 55.1 Å². The van der Waals surface area contributed by atoms with Gasteiger partial charge in [-0.3, -0.25) is 9.59 Å². The van der Waals surface area contributed by atoms with Crippen LogP contribution in [0.1, 0.15) is 34.1 Å². The summed E-state index contributed by atoms with van der Waals surface area (Å²) in [6.07, 6.45) is 0.975. The molecule has 0 spiro atoms. The average Bonchev–Trinajstić information content (AvgIpc) is 2.90. The van der Waals surface area contributed by atoms with E-state index in [4.69, 9.17) is 10.5 Å².